The quantitative estimate of drug-likeness (QED) is 0.788. The highest BCUT2D eigenvalue weighted by molar-refractivity contribution is 5.44. The Labute approximate surface area is 95.5 Å². The van der Waals surface area contributed by atoms with E-state index in [1.807, 2.05) is 18.2 Å². The molecule has 3 heteroatoms. The molecule has 3 rings (SSSR count). The summed E-state index contributed by atoms with van der Waals surface area (Å²) in [6, 6.07) is 6.02. The van der Waals surface area contributed by atoms with Crippen LogP contribution in [0, 0.1) is 0 Å². The van der Waals surface area contributed by atoms with Crippen LogP contribution < -0.4 is 15.2 Å². The van der Waals surface area contributed by atoms with Crippen molar-refractivity contribution < 1.29 is 9.47 Å². The van der Waals surface area contributed by atoms with Crippen LogP contribution in [0.1, 0.15) is 37.3 Å². The Morgan fingerprint density at radius 3 is 2.88 bits per heavy atom. The average Bonchev–Trinajstić information content (AvgIpc) is 2.26. The molecule has 0 aromatic heterocycles. The van der Waals surface area contributed by atoms with Gasteiger partial charge in [-0.3, -0.25) is 0 Å². The van der Waals surface area contributed by atoms with E-state index in [-0.39, 0.29) is 11.6 Å². The molecular weight excluding hydrogens is 202 g/mol. The van der Waals surface area contributed by atoms with Crippen molar-refractivity contribution in [3.8, 4) is 11.5 Å². The van der Waals surface area contributed by atoms with Crippen LogP contribution in [0.25, 0.3) is 0 Å². The summed E-state index contributed by atoms with van der Waals surface area (Å²) in [6.45, 7) is 0. The molecule has 86 valence electrons. The highest BCUT2D eigenvalue weighted by atomic mass is 16.5. The molecule has 1 heterocycles. The van der Waals surface area contributed by atoms with Gasteiger partial charge in [0.1, 0.15) is 17.1 Å². The minimum absolute atomic E-state index is 0.0266. The molecule has 0 amide bonds. The molecule has 1 aromatic carbocycles. The Morgan fingerprint density at radius 2 is 2.25 bits per heavy atom. The maximum atomic E-state index is 6.20. The van der Waals surface area contributed by atoms with Gasteiger partial charge >= 0.3 is 0 Å². The Hall–Kier alpha value is -1.22. The predicted octanol–water partition coefficient (Wildman–Crippen LogP) is 2.40. The van der Waals surface area contributed by atoms with E-state index in [4.69, 9.17) is 15.2 Å². The van der Waals surface area contributed by atoms with Gasteiger partial charge in [-0.2, -0.15) is 0 Å². The van der Waals surface area contributed by atoms with Crippen molar-refractivity contribution in [2.75, 3.05) is 7.11 Å². The van der Waals surface area contributed by atoms with Crippen LogP contribution in [-0.2, 0) is 0 Å². The van der Waals surface area contributed by atoms with Crippen LogP contribution in [-0.4, -0.2) is 12.7 Å². The third kappa shape index (κ3) is 1.39. The molecular formula is C13H17NO2. The van der Waals surface area contributed by atoms with Crippen molar-refractivity contribution in [2.45, 2.75) is 37.3 Å². The minimum atomic E-state index is 0.0266. The van der Waals surface area contributed by atoms with Gasteiger partial charge in [-0.25, -0.2) is 0 Å². The molecule has 1 atom stereocenters. The zero-order valence-corrected chi connectivity index (χ0v) is 9.53. The predicted molar refractivity (Wildman–Crippen MR) is 61.7 cm³/mol. The zero-order valence-electron chi connectivity index (χ0n) is 9.53. The summed E-state index contributed by atoms with van der Waals surface area (Å²) < 4.78 is 11.3. The van der Waals surface area contributed by atoms with Crippen molar-refractivity contribution in [1.82, 2.24) is 0 Å². The first-order valence-electron chi connectivity index (χ1n) is 5.85. The number of hydrogen-bond acceptors (Lipinski definition) is 3. The molecule has 3 nitrogen and oxygen atoms in total. The van der Waals surface area contributed by atoms with E-state index in [2.05, 4.69) is 0 Å². The van der Waals surface area contributed by atoms with E-state index in [9.17, 15) is 0 Å². The monoisotopic (exact) mass is 219 g/mol. The zero-order chi connectivity index (χ0) is 11.2. The Morgan fingerprint density at radius 1 is 1.44 bits per heavy atom. The summed E-state index contributed by atoms with van der Waals surface area (Å²) in [4.78, 5) is 0. The maximum Gasteiger partial charge on any atom is 0.128 e. The second-order valence-electron chi connectivity index (χ2n) is 4.85. The fraction of sp³-hybridized carbons (Fsp3) is 0.538. The first-order valence-corrected chi connectivity index (χ1v) is 5.85. The third-order valence-electron chi connectivity index (χ3n) is 3.80. The molecule has 1 unspecified atom stereocenters. The van der Waals surface area contributed by atoms with E-state index in [0.29, 0.717) is 0 Å². The number of ether oxygens (including phenoxy) is 2. The molecule has 1 aromatic rings. The fourth-order valence-electron chi connectivity index (χ4n) is 2.70. The van der Waals surface area contributed by atoms with Crippen molar-refractivity contribution in [3.63, 3.8) is 0 Å². The van der Waals surface area contributed by atoms with Crippen molar-refractivity contribution in [1.29, 1.82) is 0 Å². The van der Waals surface area contributed by atoms with E-state index in [0.717, 1.165) is 36.3 Å². The van der Waals surface area contributed by atoms with Gasteiger partial charge < -0.3 is 15.2 Å². The molecule has 2 aliphatic rings. The number of nitrogens with two attached hydrogens (primary N) is 1. The van der Waals surface area contributed by atoms with Gasteiger partial charge in [-0.15, -0.1) is 0 Å². The van der Waals surface area contributed by atoms with Crippen molar-refractivity contribution >= 4 is 0 Å². The standard InChI is InChI=1S/C13H17NO2/c1-15-9-3-4-10-11(14)8-13(5-2-6-13)16-12(10)7-9/h3-4,7,11H,2,5-6,8,14H2,1H3. The molecule has 1 aliphatic heterocycles. The molecule has 0 saturated heterocycles. The highest BCUT2D eigenvalue weighted by Gasteiger charge is 2.44. The van der Waals surface area contributed by atoms with Gasteiger partial charge in [0, 0.05) is 24.1 Å². The van der Waals surface area contributed by atoms with Crippen molar-refractivity contribution in [2.24, 2.45) is 5.73 Å². The number of fused-ring (bicyclic) bond motifs is 1. The second kappa shape index (κ2) is 3.39. The molecule has 2 N–H and O–H groups in total. The Kier molecular flexibility index (Phi) is 2.11. The van der Waals surface area contributed by atoms with E-state index >= 15 is 0 Å². The summed E-state index contributed by atoms with van der Waals surface area (Å²) in [5.74, 6) is 1.75. The van der Waals surface area contributed by atoms with Gasteiger partial charge in [-0.05, 0) is 25.3 Å². The summed E-state index contributed by atoms with van der Waals surface area (Å²) in [7, 11) is 1.67. The molecule has 1 spiro atoms. The minimum Gasteiger partial charge on any atom is -0.497 e. The average molecular weight is 219 g/mol. The van der Waals surface area contributed by atoms with Crippen molar-refractivity contribution in [3.05, 3.63) is 23.8 Å². The van der Waals surface area contributed by atoms with Gasteiger partial charge in [-0.1, -0.05) is 6.07 Å². The van der Waals surface area contributed by atoms with E-state index < -0.39 is 0 Å². The topological polar surface area (TPSA) is 44.5 Å². The number of hydrogen-bond donors (Lipinski definition) is 1. The molecule has 16 heavy (non-hydrogen) atoms. The maximum absolute atomic E-state index is 6.20. The van der Waals surface area contributed by atoms with Gasteiger partial charge in [0.05, 0.1) is 7.11 Å². The largest absolute Gasteiger partial charge is 0.497 e. The molecule has 0 radical (unpaired) electrons. The lowest BCUT2D eigenvalue weighted by Gasteiger charge is -2.47. The van der Waals surface area contributed by atoms with Crippen LogP contribution in [0.15, 0.2) is 18.2 Å². The normalized spacial score (nSPS) is 25.5. The fourth-order valence-corrected chi connectivity index (χ4v) is 2.70. The van der Waals surface area contributed by atoms with Gasteiger partial charge in [0.15, 0.2) is 0 Å². The highest BCUT2D eigenvalue weighted by Crippen LogP contribution is 2.48. The summed E-state index contributed by atoms with van der Waals surface area (Å²) in [6.07, 6.45) is 4.48. The number of benzene rings is 1. The lowest BCUT2D eigenvalue weighted by molar-refractivity contribution is -0.0330. The van der Waals surface area contributed by atoms with Crippen LogP contribution >= 0.6 is 0 Å². The van der Waals surface area contributed by atoms with Crippen LogP contribution in [0.3, 0.4) is 0 Å². The Balaban J connectivity index is 1.98. The first kappa shape index (κ1) is 9.97. The summed E-state index contributed by atoms with van der Waals surface area (Å²) in [5.41, 5.74) is 7.34. The first-order chi connectivity index (χ1) is 7.72. The number of rotatable bonds is 1. The molecule has 0 bridgehead atoms. The molecule has 1 saturated carbocycles. The smallest absolute Gasteiger partial charge is 0.128 e. The molecule has 1 aliphatic carbocycles. The van der Waals surface area contributed by atoms with Gasteiger partial charge in [0.25, 0.3) is 0 Å². The van der Waals surface area contributed by atoms with Crippen LogP contribution in [0.5, 0.6) is 11.5 Å². The summed E-state index contributed by atoms with van der Waals surface area (Å²) in [5, 5.41) is 0. The number of methoxy groups -OCH3 is 1. The Bertz CT molecular complexity index is 412. The summed E-state index contributed by atoms with van der Waals surface area (Å²) >= 11 is 0. The van der Waals surface area contributed by atoms with Crippen LogP contribution in [0.2, 0.25) is 0 Å². The lowest BCUT2D eigenvalue weighted by atomic mass is 9.73. The lowest BCUT2D eigenvalue weighted by Crippen LogP contribution is -2.48. The second-order valence-corrected chi connectivity index (χ2v) is 4.85. The van der Waals surface area contributed by atoms with E-state index in [1.54, 1.807) is 7.11 Å². The third-order valence-corrected chi connectivity index (χ3v) is 3.80. The molecule has 1 fully saturated rings. The van der Waals surface area contributed by atoms with Gasteiger partial charge in [0.2, 0.25) is 0 Å². The van der Waals surface area contributed by atoms with E-state index in [1.165, 1.54) is 6.42 Å². The van der Waals surface area contributed by atoms with Crippen LogP contribution in [0.4, 0.5) is 0 Å². The SMILES string of the molecule is COc1ccc2c(c1)OC1(CCC1)CC2N.